The Hall–Kier alpha value is -2.57. The zero-order chi connectivity index (χ0) is 19.8. The van der Waals surface area contributed by atoms with E-state index < -0.39 is 0 Å². The van der Waals surface area contributed by atoms with E-state index in [0.717, 1.165) is 48.3 Å². The van der Waals surface area contributed by atoms with Crippen LogP contribution < -0.4 is 15.4 Å². The van der Waals surface area contributed by atoms with Gasteiger partial charge in [-0.25, -0.2) is 4.99 Å². The monoisotopic (exact) mass is 372 g/mol. The van der Waals surface area contributed by atoms with Crippen molar-refractivity contribution in [2.45, 2.75) is 53.1 Å². The molecule has 0 spiro atoms. The zero-order valence-corrected chi connectivity index (χ0v) is 17.3. The number of methoxy groups -OCH3 is 1. The summed E-state index contributed by atoms with van der Waals surface area (Å²) >= 11 is 0. The van der Waals surface area contributed by atoms with Crippen LogP contribution in [0, 0.1) is 13.8 Å². The second kappa shape index (κ2) is 9.94. The molecule has 148 valence electrons. The molecule has 1 unspecified atom stereocenters. The van der Waals surface area contributed by atoms with Crippen molar-refractivity contribution in [3.05, 3.63) is 41.0 Å². The minimum absolute atomic E-state index is 0.0500. The molecular formula is C20H32N6O. The number of hydrogen-bond donors (Lipinski definition) is 2. The lowest BCUT2D eigenvalue weighted by molar-refractivity contribution is 0.405. The minimum Gasteiger partial charge on any atom is -0.496 e. The maximum Gasteiger partial charge on any atom is 0.192 e. The molecule has 1 atom stereocenters. The van der Waals surface area contributed by atoms with Gasteiger partial charge in [-0.05, 0) is 33.3 Å². The molecule has 0 aliphatic carbocycles. The molecule has 7 heteroatoms. The van der Waals surface area contributed by atoms with Gasteiger partial charge in [-0.1, -0.05) is 31.0 Å². The first kappa shape index (κ1) is 20.7. The molecule has 2 rings (SSSR count). The standard InChI is InChI=1S/C20H32N6O/c1-7-8-11-21-20(22-13-19-25-24-16(4)26(19)5)23-15(3)17-12-14(2)9-10-18(17)27-6/h9-10,12,15H,7-8,11,13H2,1-6H3,(H2,21,22,23). The van der Waals surface area contributed by atoms with E-state index in [1.54, 1.807) is 7.11 Å². The van der Waals surface area contributed by atoms with Crippen LogP contribution in [0.1, 0.15) is 55.5 Å². The van der Waals surface area contributed by atoms with Gasteiger partial charge in [0.15, 0.2) is 11.8 Å². The van der Waals surface area contributed by atoms with Crippen LogP contribution in [0.15, 0.2) is 23.2 Å². The molecule has 7 nitrogen and oxygen atoms in total. The summed E-state index contributed by atoms with van der Waals surface area (Å²) in [6.07, 6.45) is 2.22. The largest absolute Gasteiger partial charge is 0.496 e. The second-order valence-corrected chi connectivity index (χ2v) is 6.78. The van der Waals surface area contributed by atoms with Crippen LogP contribution in [-0.4, -0.2) is 34.4 Å². The molecule has 0 amide bonds. The molecule has 1 heterocycles. The van der Waals surface area contributed by atoms with Crippen molar-refractivity contribution in [2.24, 2.45) is 12.0 Å². The van der Waals surface area contributed by atoms with Gasteiger partial charge in [0, 0.05) is 19.2 Å². The number of aryl methyl sites for hydroxylation is 2. The summed E-state index contributed by atoms with van der Waals surface area (Å²) in [5.74, 6) is 3.36. The highest BCUT2D eigenvalue weighted by molar-refractivity contribution is 5.80. The number of rotatable bonds is 8. The Balaban J connectivity index is 2.16. The normalized spacial score (nSPS) is 12.7. The van der Waals surface area contributed by atoms with Gasteiger partial charge in [0.2, 0.25) is 0 Å². The molecule has 27 heavy (non-hydrogen) atoms. The number of benzene rings is 1. The number of ether oxygens (including phenoxy) is 1. The summed E-state index contributed by atoms with van der Waals surface area (Å²) in [7, 11) is 3.66. The van der Waals surface area contributed by atoms with Crippen molar-refractivity contribution in [3.63, 3.8) is 0 Å². The first-order valence-electron chi connectivity index (χ1n) is 9.50. The smallest absolute Gasteiger partial charge is 0.192 e. The Bertz CT molecular complexity index is 768. The summed E-state index contributed by atoms with van der Waals surface area (Å²) in [5, 5.41) is 15.2. The predicted octanol–water partition coefficient (Wildman–Crippen LogP) is 3.04. The number of nitrogens with zero attached hydrogens (tertiary/aromatic N) is 4. The Kier molecular flexibility index (Phi) is 7.64. The van der Waals surface area contributed by atoms with Gasteiger partial charge in [-0.3, -0.25) is 0 Å². The van der Waals surface area contributed by atoms with Crippen molar-refractivity contribution in [1.29, 1.82) is 0 Å². The van der Waals surface area contributed by atoms with Crippen molar-refractivity contribution >= 4 is 5.96 Å². The summed E-state index contributed by atoms with van der Waals surface area (Å²) < 4.78 is 7.49. The van der Waals surface area contributed by atoms with Crippen molar-refractivity contribution in [3.8, 4) is 5.75 Å². The van der Waals surface area contributed by atoms with Crippen molar-refractivity contribution in [2.75, 3.05) is 13.7 Å². The molecular weight excluding hydrogens is 340 g/mol. The Labute approximate surface area is 162 Å². The highest BCUT2D eigenvalue weighted by Gasteiger charge is 2.14. The van der Waals surface area contributed by atoms with Gasteiger partial charge in [0.25, 0.3) is 0 Å². The van der Waals surface area contributed by atoms with Gasteiger partial charge in [-0.2, -0.15) is 0 Å². The number of nitrogens with one attached hydrogen (secondary N) is 2. The maximum atomic E-state index is 5.53. The third kappa shape index (κ3) is 5.70. The summed E-state index contributed by atoms with van der Waals surface area (Å²) in [6.45, 7) is 9.65. The topological polar surface area (TPSA) is 76.4 Å². The first-order chi connectivity index (χ1) is 13.0. The Morgan fingerprint density at radius 3 is 2.70 bits per heavy atom. The number of guanidine groups is 1. The molecule has 1 aromatic heterocycles. The molecule has 0 saturated heterocycles. The lowest BCUT2D eigenvalue weighted by Gasteiger charge is -2.21. The molecule has 0 aliphatic rings. The third-order valence-corrected chi connectivity index (χ3v) is 4.59. The average Bonchev–Trinajstić information content (AvgIpc) is 2.98. The van der Waals surface area contributed by atoms with Crippen molar-refractivity contribution in [1.82, 2.24) is 25.4 Å². The molecule has 0 saturated carbocycles. The summed E-state index contributed by atoms with van der Waals surface area (Å²) in [5.41, 5.74) is 2.31. The van der Waals surface area contributed by atoms with Gasteiger partial charge in [0.1, 0.15) is 18.1 Å². The summed E-state index contributed by atoms with van der Waals surface area (Å²) in [4.78, 5) is 4.71. The van der Waals surface area contributed by atoms with Crippen LogP contribution in [0.5, 0.6) is 5.75 Å². The Morgan fingerprint density at radius 2 is 2.07 bits per heavy atom. The molecule has 0 bridgehead atoms. The molecule has 0 radical (unpaired) electrons. The fraction of sp³-hybridized carbons (Fsp3) is 0.550. The lowest BCUT2D eigenvalue weighted by Crippen LogP contribution is -2.39. The molecule has 2 N–H and O–H groups in total. The highest BCUT2D eigenvalue weighted by atomic mass is 16.5. The van der Waals surface area contributed by atoms with E-state index in [9.17, 15) is 0 Å². The highest BCUT2D eigenvalue weighted by Crippen LogP contribution is 2.26. The zero-order valence-electron chi connectivity index (χ0n) is 17.3. The Morgan fingerprint density at radius 1 is 1.30 bits per heavy atom. The van der Waals surface area contributed by atoms with E-state index in [-0.39, 0.29) is 6.04 Å². The van der Waals surface area contributed by atoms with Crippen LogP contribution in [0.25, 0.3) is 0 Å². The fourth-order valence-electron chi connectivity index (χ4n) is 2.75. The molecule has 1 aromatic carbocycles. The average molecular weight is 373 g/mol. The SMILES string of the molecule is CCCCNC(=NCc1nnc(C)n1C)NC(C)c1cc(C)ccc1OC. The number of aromatic nitrogens is 3. The van der Waals surface area contributed by atoms with E-state index in [0.29, 0.717) is 6.54 Å². The van der Waals surface area contributed by atoms with Crippen LogP contribution in [0.2, 0.25) is 0 Å². The number of hydrogen-bond acceptors (Lipinski definition) is 4. The van der Waals surface area contributed by atoms with E-state index in [2.05, 4.69) is 53.7 Å². The van der Waals surface area contributed by atoms with Gasteiger partial charge < -0.3 is 19.9 Å². The molecule has 2 aromatic rings. The maximum absolute atomic E-state index is 5.53. The number of unbranched alkanes of at least 4 members (excludes halogenated alkanes) is 1. The summed E-state index contributed by atoms with van der Waals surface area (Å²) in [6, 6.07) is 6.26. The van der Waals surface area contributed by atoms with E-state index in [1.165, 1.54) is 5.56 Å². The van der Waals surface area contributed by atoms with Gasteiger partial charge >= 0.3 is 0 Å². The second-order valence-electron chi connectivity index (χ2n) is 6.78. The van der Waals surface area contributed by atoms with Crippen LogP contribution in [0.4, 0.5) is 0 Å². The molecule has 0 aliphatic heterocycles. The van der Waals surface area contributed by atoms with E-state index in [1.807, 2.05) is 24.6 Å². The van der Waals surface area contributed by atoms with Crippen molar-refractivity contribution < 1.29 is 4.74 Å². The van der Waals surface area contributed by atoms with Crippen LogP contribution in [0.3, 0.4) is 0 Å². The van der Waals surface area contributed by atoms with E-state index in [4.69, 9.17) is 9.73 Å². The first-order valence-corrected chi connectivity index (χ1v) is 9.50. The minimum atomic E-state index is 0.0500. The van der Waals surface area contributed by atoms with Crippen LogP contribution >= 0.6 is 0 Å². The van der Waals surface area contributed by atoms with Gasteiger partial charge in [0.05, 0.1) is 13.2 Å². The van der Waals surface area contributed by atoms with E-state index >= 15 is 0 Å². The molecule has 0 fully saturated rings. The van der Waals surface area contributed by atoms with Crippen LogP contribution in [-0.2, 0) is 13.6 Å². The predicted molar refractivity (Wildman–Crippen MR) is 109 cm³/mol. The number of aliphatic imine (C=N–C) groups is 1. The quantitative estimate of drug-likeness (QED) is 0.423. The lowest BCUT2D eigenvalue weighted by atomic mass is 10.0. The van der Waals surface area contributed by atoms with Gasteiger partial charge in [-0.15, -0.1) is 10.2 Å². The third-order valence-electron chi connectivity index (χ3n) is 4.59. The fourth-order valence-corrected chi connectivity index (χ4v) is 2.75.